The number of ether oxygens (including phenoxy) is 2. The minimum atomic E-state index is -0.809. The minimum absolute atomic E-state index is 0.0968. The van der Waals surface area contributed by atoms with E-state index in [-0.39, 0.29) is 25.2 Å². The Morgan fingerprint density at radius 1 is 0.261 bits per heavy atom. The van der Waals surface area contributed by atoms with Crippen LogP contribution in [0.5, 0.6) is 0 Å². The van der Waals surface area contributed by atoms with E-state index in [2.05, 4.69) is 257 Å². The van der Waals surface area contributed by atoms with E-state index in [1.54, 1.807) is 0 Å². The fraction of sp³-hybridized carbons (Fsp3) is 0.494. The second kappa shape index (κ2) is 75.0. The number of aliphatic hydroxyl groups excluding tert-OH is 1. The lowest BCUT2D eigenvalue weighted by Gasteiger charge is -2.15. The highest BCUT2D eigenvalue weighted by Crippen LogP contribution is 2.13. The van der Waals surface area contributed by atoms with Gasteiger partial charge in [-0.1, -0.05) is 308 Å². The molecule has 0 fully saturated rings. The molecule has 0 saturated heterocycles. The summed E-state index contributed by atoms with van der Waals surface area (Å²) in [5.41, 5.74) is 0. The molecule has 88 heavy (non-hydrogen) atoms. The van der Waals surface area contributed by atoms with Gasteiger partial charge in [0.1, 0.15) is 6.61 Å². The van der Waals surface area contributed by atoms with Crippen LogP contribution in [-0.4, -0.2) is 36.4 Å². The van der Waals surface area contributed by atoms with Crippen molar-refractivity contribution in [2.24, 2.45) is 0 Å². The highest BCUT2D eigenvalue weighted by atomic mass is 16.6. The maximum atomic E-state index is 12.4. The molecule has 1 atom stereocenters. The number of allylic oxidation sites excluding steroid dienone is 40. The average Bonchev–Trinajstić information content (AvgIpc) is 3.54. The topological polar surface area (TPSA) is 72.8 Å². The number of carbonyl (C=O) groups excluding carboxylic acids is 2. The van der Waals surface area contributed by atoms with Crippen LogP contribution in [0.15, 0.2) is 243 Å². The Hall–Kier alpha value is -6.30. The molecule has 0 heterocycles. The van der Waals surface area contributed by atoms with Crippen LogP contribution in [0.4, 0.5) is 0 Å². The van der Waals surface area contributed by atoms with E-state index in [9.17, 15) is 14.7 Å². The first-order valence-corrected chi connectivity index (χ1v) is 34.6. The van der Waals surface area contributed by atoms with Gasteiger partial charge in [0.05, 0.1) is 6.61 Å². The van der Waals surface area contributed by atoms with E-state index in [1.165, 1.54) is 25.7 Å². The van der Waals surface area contributed by atoms with Crippen molar-refractivity contribution in [2.45, 2.75) is 251 Å². The van der Waals surface area contributed by atoms with Crippen LogP contribution in [0.1, 0.15) is 245 Å². The normalized spacial score (nSPS) is 13.8. The number of aliphatic hydroxyl groups is 1. The maximum absolute atomic E-state index is 12.4. The highest BCUT2D eigenvalue weighted by Gasteiger charge is 2.16. The summed E-state index contributed by atoms with van der Waals surface area (Å²) in [7, 11) is 0. The Kier molecular flexibility index (Phi) is 69.6. The van der Waals surface area contributed by atoms with Crippen molar-refractivity contribution in [3.05, 3.63) is 243 Å². The summed E-state index contributed by atoms with van der Waals surface area (Å²) in [5, 5.41) is 9.70. The number of esters is 2. The van der Waals surface area contributed by atoms with Gasteiger partial charge in [0.15, 0.2) is 6.10 Å². The van der Waals surface area contributed by atoms with Gasteiger partial charge < -0.3 is 14.6 Å². The summed E-state index contributed by atoms with van der Waals surface area (Å²) >= 11 is 0. The van der Waals surface area contributed by atoms with Gasteiger partial charge >= 0.3 is 11.9 Å². The predicted molar refractivity (Wildman–Crippen MR) is 388 cm³/mol. The Morgan fingerprint density at radius 2 is 0.455 bits per heavy atom. The number of unbranched alkanes of at least 4 members (excludes halogenated alkanes) is 12. The predicted octanol–water partition coefficient (Wildman–Crippen LogP) is 24.6. The van der Waals surface area contributed by atoms with Gasteiger partial charge in [-0.25, -0.2) is 0 Å². The van der Waals surface area contributed by atoms with Crippen LogP contribution >= 0.6 is 0 Å². The zero-order chi connectivity index (χ0) is 63.3. The quantitative estimate of drug-likeness (QED) is 0.0373. The molecule has 0 spiro atoms. The number of hydrogen-bond donors (Lipinski definition) is 1. The van der Waals surface area contributed by atoms with Crippen molar-refractivity contribution in [3.63, 3.8) is 0 Å². The fourth-order valence-corrected chi connectivity index (χ4v) is 8.55. The van der Waals surface area contributed by atoms with Crippen LogP contribution in [0.3, 0.4) is 0 Å². The zero-order valence-corrected chi connectivity index (χ0v) is 55.6. The first kappa shape index (κ1) is 81.7. The zero-order valence-electron chi connectivity index (χ0n) is 55.6. The van der Waals surface area contributed by atoms with Gasteiger partial charge in [-0.05, 0) is 167 Å². The van der Waals surface area contributed by atoms with Gasteiger partial charge in [-0.2, -0.15) is 0 Å². The van der Waals surface area contributed by atoms with Gasteiger partial charge in [0.2, 0.25) is 0 Å². The van der Waals surface area contributed by atoms with Crippen LogP contribution in [0.25, 0.3) is 0 Å². The summed E-state index contributed by atoms with van der Waals surface area (Å²) in [6.07, 6.45) is 124. The lowest BCUT2D eigenvalue weighted by Crippen LogP contribution is -2.28. The standard InChI is InChI=1S/C83H124O5/c1-3-5-7-9-11-13-15-17-19-21-23-25-27-29-31-33-35-37-39-40-41-42-44-46-48-50-52-54-56-58-60-62-64-66-68-70-72-74-76-78-83(86)88-81(79-84)80-87-82(85)77-75-73-71-69-67-65-63-61-59-57-55-53-51-49-47-45-43-38-36-34-32-30-28-26-24-22-20-18-16-14-12-10-8-6-4-2/h5-8,11-14,17-20,23-26,29-32,35-38,40-41,44-47,50-53,56-59,62,64,81,84H,3-4,9-10,15-16,21-22,27-28,33-34,39,42-43,48-49,54-55,60-61,63,65-80H2,1-2H3/b7-5-,8-6-,13-11-,14-12-,19-17-,20-18-,25-23-,26-24-,31-29-,32-30-,37-35-,38-36-,41-40-,46-44-,47-45-,52-50-,53-51-,58-56-,59-57-,64-62-. The Bertz CT molecular complexity index is 2200. The molecular weight excluding hydrogens is 1080 g/mol. The Labute approximate surface area is 540 Å². The number of hydrogen-bond acceptors (Lipinski definition) is 5. The van der Waals surface area contributed by atoms with E-state index < -0.39 is 6.10 Å². The van der Waals surface area contributed by atoms with Gasteiger partial charge in [-0.15, -0.1) is 0 Å². The third kappa shape index (κ3) is 72.2. The molecule has 5 heteroatoms. The third-order valence-corrected chi connectivity index (χ3v) is 13.6. The molecule has 0 aromatic carbocycles. The van der Waals surface area contributed by atoms with E-state index in [4.69, 9.17) is 9.47 Å². The van der Waals surface area contributed by atoms with Crippen molar-refractivity contribution in [1.29, 1.82) is 0 Å². The van der Waals surface area contributed by atoms with Crippen molar-refractivity contribution >= 4 is 11.9 Å². The van der Waals surface area contributed by atoms with Crippen molar-refractivity contribution in [1.82, 2.24) is 0 Å². The molecule has 0 rings (SSSR count). The molecule has 0 aliphatic carbocycles. The molecule has 0 aromatic rings. The van der Waals surface area contributed by atoms with E-state index in [1.807, 2.05) is 0 Å². The molecule has 0 aliphatic rings. The first-order valence-electron chi connectivity index (χ1n) is 34.6. The summed E-state index contributed by atoms with van der Waals surface area (Å²) in [4.78, 5) is 24.6. The molecule has 0 aliphatic heterocycles. The van der Waals surface area contributed by atoms with Crippen LogP contribution in [-0.2, 0) is 19.1 Å². The van der Waals surface area contributed by atoms with Crippen LogP contribution in [0.2, 0.25) is 0 Å². The third-order valence-electron chi connectivity index (χ3n) is 13.6. The summed E-state index contributed by atoms with van der Waals surface area (Å²) in [5.74, 6) is -0.645. The molecule has 0 radical (unpaired) electrons. The van der Waals surface area contributed by atoms with Crippen molar-refractivity contribution in [2.75, 3.05) is 13.2 Å². The number of carbonyl (C=O) groups is 2. The first-order chi connectivity index (χ1) is 43.6. The van der Waals surface area contributed by atoms with Crippen molar-refractivity contribution in [3.8, 4) is 0 Å². The molecule has 486 valence electrons. The summed E-state index contributed by atoms with van der Waals surface area (Å²) < 4.78 is 10.7. The van der Waals surface area contributed by atoms with Crippen LogP contribution < -0.4 is 0 Å². The molecule has 1 N–H and O–H groups in total. The molecular formula is C83H124O5. The molecule has 0 amide bonds. The maximum Gasteiger partial charge on any atom is 0.306 e. The molecule has 1 unspecified atom stereocenters. The molecule has 0 bridgehead atoms. The molecule has 0 saturated carbocycles. The molecule has 5 nitrogen and oxygen atoms in total. The van der Waals surface area contributed by atoms with E-state index in [0.29, 0.717) is 12.8 Å². The van der Waals surface area contributed by atoms with E-state index in [0.717, 1.165) is 193 Å². The number of rotatable bonds is 60. The smallest absolute Gasteiger partial charge is 0.306 e. The van der Waals surface area contributed by atoms with Gasteiger partial charge in [0.25, 0.3) is 0 Å². The highest BCUT2D eigenvalue weighted by molar-refractivity contribution is 5.70. The summed E-state index contributed by atoms with van der Waals surface area (Å²) in [6, 6.07) is 0. The monoisotopic (exact) mass is 1200 g/mol. The Balaban J connectivity index is 3.68. The average molecular weight is 1200 g/mol. The van der Waals surface area contributed by atoms with E-state index >= 15 is 0 Å². The largest absolute Gasteiger partial charge is 0.462 e. The fourth-order valence-electron chi connectivity index (χ4n) is 8.55. The van der Waals surface area contributed by atoms with Gasteiger partial charge in [0, 0.05) is 12.8 Å². The van der Waals surface area contributed by atoms with Gasteiger partial charge in [-0.3, -0.25) is 9.59 Å². The second-order valence-corrected chi connectivity index (χ2v) is 21.8. The Morgan fingerprint density at radius 3 is 0.682 bits per heavy atom. The SMILES string of the molecule is CC/C=C\C/C=C\C/C=C\C/C=C\C/C=C\C/C=C\C/C=C\C/C=C\C/C=C\C/C=C\C/C=C\CCCCCCCC(=O)OC(CO)COC(=O)CCCCCCCCC/C=C\C/C=C\C/C=C\C/C=C\C/C=C\C/C=C\C/C=C\C/C=C\C/C=C\CC. The summed E-state index contributed by atoms with van der Waals surface area (Å²) in [6.45, 7) is 3.87. The van der Waals surface area contributed by atoms with Crippen LogP contribution in [0, 0.1) is 0 Å². The van der Waals surface area contributed by atoms with Crippen molar-refractivity contribution < 1.29 is 24.2 Å². The lowest BCUT2D eigenvalue weighted by molar-refractivity contribution is -0.161. The lowest BCUT2D eigenvalue weighted by atomic mass is 10.1. The second-order valence-electron chi connectivity index (χ2n) is 21.8. The molecule has 0 aromatic heterocycles. The minimum Gasteiger partial charge on any atom is -0.462 e.